The van der Waals surface area contributed by atoms with Crippen LogP contribution in [0.1, 0.15) is 12.5 Å². The molecule has 0 bridgehead atoms. The zero-order valence-electron chi connectivity index (χ0n) is 20.7. The summed E-state index contributed by atoms with van der Waals surface area (Å²) in [5, 5.41) is 0. The van der Waals surface area contributed by atoms with Gasteiger partial charge in [-0.15, -0.1) is 0 Å². The van der Waals surface area contributed by atoms with E-state index in [0.717, 1.165) is 27.5 Å². The summed E-state index contributed by atoms with van der Waals surface area (Å²) < 4.78 is 4.98. The van der Waals surface area contributed by atoms with Gasteiger partial charge in [0, 0.05) is 44.3 Å². The molecule has 36 heavy (non-hydrogen) atoms. The lowest BCUT2D eigenvalue weighted by molar-refractivity contribution is -0.150. The Balaban J connectivity index is 1.55. The maximum atomic E-state index is 13.6. The first kappa shape index (κ1) is 23.4. The van der Waals surface area contributed by atoms with Crippen LogP contribution in [0, 0.1) is 0 Å². The second-order valence-electron chi connectivity index (χ2n) is 8.94. The minimum absolute atomic E-state index is 0.168. The van der Waals surface area contributed by atoms with Gasteiger partial charge in [-0.05, 0) is 31.2 Å². The minimum atomic E-state index is -0.790. The molecule has 0 saturated carbocycles. The quantitative estimate of drug-likeness (QED) is 0.577. The number of guanidine groups is 1. The van der Waals surface area contributed by atoms with Crippen LogP contribution >= 0.6 is 0 Å². The summed E-state index contributed by atoms with van der Waals surface area (Å²) in [6.45, 7) is 1.41. The van der Waals surface area contributed by atoms with Crippen LogP contribution in [0.4, 0.5) is 16.2 Å². The van der Waals surface area contributed by atoms with Crippen LogP contribution in [0.2, 0.25) is 0 Å². The maximum Gasteiger partial charge on any atom is 0.328 e. The SMILES string of the molecule is CCOC(=O)CN1C(=O)C2C(N=C3N(c4ccc(N(C)C)cc4)C(c4ccccc4)=CN32)N(C)C1=O. The van der Waals surface area contributed by atoms with Gasteiger partial charge in [-0.2, -0.15) is 0 Å². The highest BCUT2D eigenvalue weighted by molar-refractivity contribution is 6.16. The van der Waals surface area contributed by atoms with Gasteiger partial charge < -0.3 is 14.5 Å². The molecular formula is C26H28N6O4. The van der Waals surface area contributed by atoms with Crippen molar-refractivity contribution in [3.05, 3.63) is 66.4 Å². The largest absolute Gasteiger partial charge is 0.465 e. The number of ether oxygens (including phenoxy) is 1. The number of urea groups is 1. The molecule has 1 fully saturated rings. The summed E-state index contributed by atoms with van der Waals surface area (Å²) in [5.41, 5.74) is 3.74. The highest BCUT2D eigenvalue weighted by atomic mass is 16.5. The van der Waals surface area contributed by atoms with Gasteiger partial charge in [0.25, 0.3) is 5.91 Å². The lowest BCUT2D eigenvalue weighted by Gasteiger charge is -2.39. The molecule has 186 valence electrons. The summed E-state index contributed by atoms with van der Waals surface area (Å²) in [7, 11) is 5.55. The Morgan fingerprint density at radius 2 is 1.75 bits per heavy atom. The molecule has 0 aliphatic carbocycles. The van der Waals surface area contributed by atoms with E-state index in [4.69, 9.17) is 9.73 Å². The smallest absolute Gasteiger partial charge is 0.328 e. The highest BCUT2D eigenvalue weighted by Gasteiger charge is 2.55. The van der Waals surface area contributed by atoms with E-state index in [0.29, 0.717) is 5.96 Å². The van der Waals surface area contributed by atoms with E-state index in [1.54, 1.807) is 18.9 Å². The first-order valence-electron chi connectivity index (χ1n) is 11.8. The molecule has 10 heteroatoms. The second kappa shape index (κ2) is 9.03. The van der Waals surface area contributed by atoms with Crippen molar-refractivity contribution in [2.45, 2.75) is 19.1 Å². The molecular weight excluding hydrogens is 460 g/mol. The van der Waals surface area contributed by atoms with Crippen molar-refractivity contribution in [1.29, 1.82) is 0 Å². The van der Waals surface area contributed by atoms with Crippen LogP contribution in [-0.4, -0.2) is 85.1 Å². The minimum Gasteiger partial charge on any atom is -0.465 e. The molecule has 0 N–H and O–H groups in total. The molecule has 2 aromatic rings. The van der Waals surface area contributed by atoms with E-state index < -0.39 is 36.7 Å². The van der Waals surface area contributed by atoms with Crippen LogP contribution < -0.4 is 9.80 Å². The predicted molar refractivity (Wildman–Crippen MR) is 136 cm³/mol. The Bertz CT molecular complexity index is 1260. The van der Waals surface area contributed by atoms with Gasteiger partial charge in [-0.3, -0.25) is 24.3 Å². The topological polar surface area (TPSA) is 89.0 Å². The van der Waals surface area contributed by atoms with Gasteiger partial charge in [0.1, 0.15) is 6.54 Å². The monoisotopic (exact) mass is 488 g/mol. The van der Waals surface area contributed by atoms with Crippen molar-refractivity contribution in [3.8, 4) is 0 Å². The molecule has 3 heterocycles. The molecule has 5 rings (SSSR count). The van der Waals surface area contributed by atoms with Gasteiger partial charge in [0.15, 0.2) is 12.2 Å². The third kappa shape index (κ3) is 3.74. The third-order valence-electron chi connectivity index (χ3n) is 6.50. The van der Waals surface area contributed by atoms with Crippen LogP contribution in [-0.2, 0) is 14.3 Å². The molecule has 3 aliphatic rings. The summed E-state index contributed by atoms with van der Waals surface area (Å²) in [5.74, 6) is -0.564. The van der Waals surface area contributed by atoms with E-state index in [9.17, 15) is 14.4 Å². The number of carbonyl (C=O) groups excluding carboxylic acids is 3. The summed E-state index contributed by atoms with van der Waals surface area (Å²) in [4.78, 5) is 51.7. The molecule has 10 nitrogen and oxygen atoms in total. The Kier molecular flexibility index (Phi) is 5.87. The van der Waals surface area contributed by atoms with E-state index in [-0.39, 0.29) is 6.61 Å². The lowest BCUT2D eigenvalue weighted by Crippen LogP contribution is -2.65. The fourth-order valence-electron chi connectivity index (χ4n) is 4.68. The number of amides is 3. The zero-order chi connectivity index (χ0) is 25.6. The first-order valence-corrected chi connectivity index (χ1v) is 11.8. The van der Waals surface area contributed by atoms with Gasteiger partial charge in [-0.25, -0.2) is 9.79 Å². The number of aliphatic imine (C=N–C) groups is 1. The molecule has 2 aromatic carbocycles. The zero-order valence-corrected chi connectivity index (χ0v) is 20.7. The molecule has 0 aromatic heterocycles. The van der Waals surface area contributed by atoms with Gasteiger partial charge in [0.2, 0.25) is 5.96 Å². The van der Waals surface area contributed by atoms with Crippen LogP contribution in [0.5, 0.6) is 0 Å². The number of rotatable bonds is 6. The van der Waals surface area contributed by atoms with Crippen molar-refractivity contribution in [1.82, 2.24) is 14.7 Å². The van der Waals surface area contributed by atoms with Crippen molar-refractivity contribution in [2.75, 3.05) is 44.1 Å². The number of likely N-dealkylation sites (N-methyl/N-ethyl adjacent to an activating group) is 1. The van der Waals surface area contributed by atoms with Crippen molar-refractivity contribution < 1.29 is 19.1 Å². The molecule has 3 amide bonds. The third-order valence-corrected chi connectivity index (χ3v) is 6.50. The fourth-order valence-corrected chi connectivity index (χ4v) is 4.68. The van der Waals surface area contributed by atoms with E-state index in [2.05, 4.69) is 0 Å². The fraction of sp³-hybridized carbons (Fsp3) is 0.308. The highest BCUT2D eigenvalue weighted by Crippen LogP contribution is 2.40. The van der Waals surface area contributed by atoms with E-state index >= 15 is 0 Å². The summed E-state index contributed by atoms with van der Waals surface area (Å²) in [6, 6.07) is 16.5. The number of nitrogens with zero attached hydrogens (tertiary/aromatic N) is 6. The Hall–Kier alpha value is -4.34. The average molecular weight is 489 g/mol. The van der Waals surface area contributed by atoms with Crippen molar-refractivity contribution in [2.24, 2.45) is 4.99 Å². The summed E-state index contributed by atoms with van der Waals surface area (Å²) in [6.07, 6.45) is 1.18. The molecule has 1 saturated heterocycles. The van der Waals surface area contributed by atoms with Crippen LogP contribution in [0.3, 0.4) is 0 Å². The lowest BCUT2D eigenvalue weighted by atomic mass is 10.1. The number of anilines is 2. The van der Waals surface area contributed by atoms with E-state index in [1.165, 1.54) is 4.90 Å². The predicted octanol–water partition coefficient (Wildman–Crippen LogP) is 2.39. The van der Waals surface area contributed by atoms with Crippen molar-refractivity contribution >= 4 is 40.9 Å². The number of hydrogen-bond donors (Lipinski definition) is 0. The molecule has 2 atom stereocenters. The van der Waals surface area contributed by atoms with Gasteiger partial charge in [0.05, 0.1) is 12.3 Å². The van der Waals surface area contributed by atoms with Gasteiger partial charge >= 0.3 is 12.0 Å². The maximum absolute atomic E-state index is 13.6. The molecule has 0 radical (unpaired) electrons. The first-order chi connectivity index (χ1) is 17.3. The number of esters is 1. The number of fused-ring (bicyclic) bond motifs is 3. The van der Waals surface area contributed by atoms with E-state index in [1.807, 2.05) is 84.7 Å². The molecule has 3 aliphatic heterocycles. The molecule has 0 spiro atoms. The number of imide groups is 1. The number of hydrogen-bond acceptors (Lipinski definition) is 8. The number of carbonyl (C=O) groups is 3. The second-order valence-corrected chi connectivity index (χ2v) is 8.94. The van der Waals surface area contributed by atoms with Crippen LogP contribution in [0.25, 0.3) is 5.70 Å². The number of benzene rings is 2. The Morgan fingerprint density at radius 3 is 2.39 bits per heavy atom. The standard InChI is InChI=1S/C26H28N6O4/c1-5-36-21(33)16-31-24(34)22-23(29(4)26(31)35)27-25-30(22)15-20(17-9-7-6-8-10-17)32(25)19-13-11-18(12-14-19)28(2)3/h6-15,22-23H,5,16H2,1-4H3. The average Bonchev–Trinajstić information content (AvgIpc) is 3.42. The van der Waals surface area contributed by atoms with Crippen LogP contribution in [0.15, 0.2) is 65.8 Å². The Morgan fingerprint density at radius 1 is 1.06 bits per heavy atom. The summed E-state index contributed by atoms with van der Waals surface area (Å²) >= 11 is 0. The molecule has 2 unspecified atom stereocenters. The normalized spacial score (nSPS) is 20.8. The Labute approximate surface area is 209 Å². The van der Waals surface area contributed by atoms with Crippen molar-refractivity contribution in [3.63, 3.8) is 0 Å². The van der Waals surface area contributed by atoms with Gasteiger partial charge in [-0.1, -0.05) is 30.3 Å².